The van der Waals surface area contributed by atoms with Crippen molar-refractivity contribution in [2.45, 2.75) is 39.2 Å². The fraction of sp³-hybridized carbons (Fsp3) is 0.929. The molecule has 0 bridgehead atoms. The smallest absolute Gasteiger partial charge is 0.242 e. The molecule has 5 nitrogen and oxygen atoms in total. The van der Waals surface area contributed by atoms with E-state index in [-0.39, 0.29) is 12.5 Å². The minimum absolute atomic E-state index is 0.0348. The highest BCUT2D eigenvalue weighted by Crippen LogP contribution is 2.18. The van der Waals surface area contributed by atoms with E-state index in [9.17, 15) is 4.79 Å². The van der Waals surface area contributed by atoms with Crippen LogP contribution in [0.3, 0.4) is 0 Å². The molecule has 0 aromatic rings. The molecule has 2 N–H and O–H groups in total. The van der Waals surface area contributed by atoms with Crippen LogP contribution in [-0.4, -0.2) is 72.2 Å². The summed E-state index contributed by atoms with van der Waals surface area (Å²) in [5.74, 6) is 0.136. The van der Waals surface area contributed by atoms with Gasteiger partial charge in [0.15, 0.2) is 0 Å². The number of aliphatic hydroxyl groups is 1. The summed E-state index contributed by atoms with van der Waals surface area (Å²) in [6.07, 6.45) is 2.05. The van der Waals surface area contributed by atoms with Gasteiger partial charge in [-0.15, -0.1) is 0 Å². The monoisotopic (exact) mass is 271 g/mol. The van der Waals surface area contributed by atoms with Gasteiger partial charge in [0.2, 0.25) is 5.91 Å². The summed E-state index contributed by atoms with van der Waals surface area (Å²) in [6, 6.07) is 0. The zero-order valence-corrected chi connectivity index (χ0v) is 12.6. The van der Waals surface area contributed by atoms with Gasteiger partial charge in [-0.05, 0) is 20.3 Å². The maximum absolute atomic E-state index is 12.7. The van der Waals surface area contributed by atoms with E-state index in [0.717, 1.165) is 45.6 Å². The van der Waals surface area contributed by atoms with Crippen LogP contribution < -0.4 is 5.32 Å². The lowest BCUT2D eigenvalue weighted by molar-refractivity contribution is -0.143. The molecule has 1 saturated heterocycles. The number of hydrogen-bond donors (Lipinski definition) is 2. The molecule has 1 aliphatic heterocycles. The van der Waals surface area contributed by atoms with Gasteiger partial charge in [0.25, 0.3) is 0 Å². The van der Waals surface area contributed by atoms with Gasteiger partial charge < -0.3 is 15.3 Å². The molecule has 112 valence electrons. The van der Waals surface area contributed by atoms with Crippen molar-refractivity contribution in [3.63, 3.8) is 0 Å². The fourth-order valence-corrected chi connectivity index (χ4v) is 2.53. The molecule has 1 amide bonds. The van der Waals surface area contributed by atoms with Crippen LogP contribution in [0.1, 0.15) is 33.6 Å². The van der Waals surface area contributed by atoms with E-state index < -0.39 is 5.54 Å². The molecule has 0 unspecified atom stereocenters. The van der Waals surface area contributed by atoms with Crippen molar-refractivity contribution in [3.05, 3.63) is 0 Å². The third-order valence-corrected chi connectivity index (χ3v) is 3.87. The first-order valence-electron chi connectivity index (χ1n) is 7.40. The SMILES string of the molecule is CCCCN(CCO)C(=O)C(C)(C)N1CCNCC1. The molecular formula is C14H29N3O2. The molecule has 0 saturated carbocycles. The van der Waals surface area contributed by atoms with E-state index in [1.807, 2.05) is 18.7 Å². The maximum atomic E-state index is 12.7. The normalized spacial score (nSPS) is 17.5. The second-order valence-corrected chi connectivity index (χ2v) is 5.67. The van der Waals surface area contributed by atoms with Crippen LogP contribution in [0.4, 0.5) is 0 Å². The lowest BCUT2D eigenvalue weighted by atomic mass is 9.99. The summed E-state index contributed by atoms with van der Waals surface area (Å²) >= 11 is 0. The Balaban J connectivity index is 2.68. The summed E-state index contributed by atoms with van der Waals surface area (Å²) in [5, 5.41) is 12.5. The van der Waals surface area contributed by atoms with E-state index in [0.29, 0.717) is 6.54 Å². The maximum Gasteiger partial charge on any atom is 0.242 e. The second-order valence-electron chi connectivity index (χ2n) is 5.67. The molecule has 5 heteroatoms. The van der Waals surface area contributed by atoms with Crippen LogP contribution in [0.15, 0.2) is 0 Å². The first kappa shape index (κ1) is 16.4. The number of hydrogen-bond acceptors (Lipinski definition) is 4. The molecule has 0 atom stereocenters. The van der Waals surface area contributed by atoms with Crippen LogP contribution in [0.25, 0.3) is 0 Å². The Hall–Kier alpha value is -0.650. The average Bonchev–Trinajstić information content (AvgIpc) is 2.43. The highest BCUT2D eigenvalue weighted by Gasteiger charge is 2.37. The molecule has 19 heavy (non-hydrogen) atoms. The predicted molar refractivity (Wildman–Crippen MR) is 77.1 cm³/mol. The zero-order valence-electron chi connectivity index (χ0n) is 12.6. The van der Waals surface area contributed by atoms with Crippen molar-refractivity contribution in [1.29, 1.82) is 0 Å². The number of piperazine rings is 1. The Kier molecular flexibility index (Phi) is 6.75. The minimum atomic E-state index is -0.481. The van der Waals surface area contributed by atoms with Crippen molar-refractivity contribution in [3.8, 4) is 0 Å². The highest BCUT2D eigenvalue weighted by atomic mass is 16.3. The van der Waals surface area contributed by atoms with Gasteiger partial charge in [-0.2, -0.15) is 0 Å². The molecule has 1 heterocycles. The molecule has 0 radical (unpaired) electrons. The number of amides is 1. The molecule has 0 aromatic carbocycles. The minimum Gasteiger partial charge on any atom is -0.395 e. The standard InChI is InChI=1S/C14H29N3O2/c1-4-5-8-16(11-12-18)13(19)14(2,3)17-9-6-15-7-10-17/h15,18H,4-12H2,1-3H3. The van der Waals surface area contributed by atoms with Crippen molar-refractivity contribution in [1.82, 2.24) is 15.1 Å². The number of carbonyl (C=O) groups is 1. The second kappa shape index (κ2) is 7.82. The van der Waals surface area contributed by atoms with Gasteiger partial charge in [-0.1, -0.05) is 13.3 Å². The first-order valence-corrected chi connectivity index (χ1v) is 7.40. The number of nitrogens with zero attached hydrogens (tertiary/aromatic N) is 2. The van der Waals surface area contributed by atoms with Crippen LogP contribution in [0.2, 0.25) is 0 Å². The van der Waals surface area contributed by atoms with Crippen LogP contribution in [-0.2, 0) is 4.79 Å². The molecular weight excluding hydrogens is 242 g/mol. The number of aliphatic hydroxyl groups excluding tert-OH is 1. The number of nitrogens with one attached hydrogen (secondary N) is 1. The number of carbonyl (C=O) groups excluding carboxylic acids is 1. The molecule has 1 aliphatic rings. The van der Waals surface area contributed by atoms with Gasteiger partial charge in [0, 0.05) is 39.3 Å². The zero-order chi connectivity index (χ0) is 14.3. The quantitative estimate of drug-likeness (QED) is 0.699. The summed E-state index contributed by atoms with van der Waals surface area (Å²) in [7, 11) is 0. The molecule has 1 fully saturated rings. The van der Waals surface area contributed by atoms with Gasteiger partial charge >= 0.3 is 0 Å². The first-order chi connectivity index (χ1) is 9.04. The van der Waals surface area contributed by atoms with Gasteiger partial charge in [0.05, 0.1) is 12.1 Å². The Bertz CT molecular complexity index is 276. The van der Waals surface area contributed by atoms with E-state index in [4.69, 9.17) is 5.11 Å². The van der Waals surface area contributed by atoms with E-state index in [1.54, 1.807) is 0 Å². The van der Waals surface area contributed by atoms with Crippen molar-refractivity contribution >= 4 is 5.91 Å². The average molecular weight is 271 g/mol. The van der Waals surface area contributed by atoms with Crippen molar-refractivity contribution in [2.24, 2.45) is 0 Å². The Labute approximate surface area is 117 Å². The summed E-state index contributed by atoms with van der Waals surface area (Å²) in [5.41, 5.74) is -0.481. The van der Waals surface area contributed by atoms with Crippen LogP contribution in [0.5, 0.6) is 0 Å². The summed E-state index contributed by atoms with van der Waals surface area (Å²) in [6.45, 7) is 11.0. The third kappa shape index (κ3) is 4.44. The molecule has 1 rings (SSSR count). The largest absolute Gasteiger partial charge is 0.395 e. The highest BCUT2D eigenvalue weighted by molar-refractivity contribution is 5.85. The van der Waals surface area contributed by atoms with E-state index >= 15 is 0 Å². The topological polar surface area (TPSA) is 55.8 Å². The Morgan fingerprint density at radius 1 is 1.32 bits per heavy atom. The van der Waals surface area contributed by atoms with E-state index in [1.165, 1.54) is 0 Å². The number of unbranched alkanes of at least 4 members (excludes halogenated alkanes) is 1. The number of rotatable bonds is 7. The van der Waals surface area contributed by atoms with Crippen molar-refractivity contribution in [2.75, 3.05) is 45.9 Å². The van der Waals surface area contributed by atoms with Gasteiger partial charge in [-0.3, -0.25) is 9.69 Å². The predicted octanol–water partition coefficient (Wildman–Crippen LogP) is 0.291. The summed E-state index contributed by atoms with van der Waals surface area (Å²) < 4.78 is 0. The Morgan fingerprint density at radius 3 is 2.47 bits per heavy atom. The van der Waals surface area contributed by atoms with Gasteiger partial charge in [-0.25, -0.2) is 0 Å². The van der Waals surface area contributed by atoms with E-state index in [2.05, 4.69) is 17.1 Å². The van der Waals surface area contributed by atoms with Gasteiger partial charge in [0.1, 0.15) is 0 Å². The lowest BCUT2D eigenvalue weighted by Gasteiger charge is -2.42. The molecule has 0 aliphatic carbocycles. The third-order valence-electron chi connectivity index (χ3n) is 3.87. The lowest BCUT2D eigenvalue weighted by Crippen LogP contribution is -2.61. The molecule has 0 spiro atoms. The summed E-state index contributed by atoms with van der Waals surface area (Å²) in [4.78, 5) is 16.8. The van der Waals surface area contributed by atoms with Crippen molar-refractivity contribution < 1.29 is 9.90 Å². The molecule has 0 aromatic heterocycles. The van der Waals surface area contributed by atoms with Crippen LogP contribution >= 0.6 is 0 Å². The van der Waals surface area contributed by atoms with Crippen LogP contribution in [0, 0.1) is 0 Å². The fourth-order valence-electron chi connectivity index (χ4n) is 2.53. The Morgan fingerprint density at radius 2 is 1.95 bits per heavy atom.